The van der Waals surface area contributed by atoms with Gasteiger partial charge in [-0.1, -0.05) is 0 Å². The summed E-state index contributed by atoms with van der Waals surface area (Å²) < 4.78 is 0. The van der Waals surface area contributed by atoms with Crippen LogP contribution in [-0.4, -0.2) is 52.0 Å². The molecule has 0 aromatic carbocycles. The fourth-order valence-corrected chi connectivity index (χ4v) is 3.29. The molecule has 0 atom stereocenters. The van der Waals surface area contributed by atoms with Crippen molar-refractivity contribution in [2.75, 3.05) is 31.5 Å². The maximum atomic E-state index is 12.3. The molecule has 0 bridgehead atoms. The van der Waals surface area contributed by atoms with Gasteiger partial charge in [0, 0.05) is 44.3 Å². The second-order valence-corrected chi connectivity index (χ2v) is 6.71. The summed E-state index contributed by atoms with van der Waals surface area (Å²) >= 11 is 1.69. The average molecular weight is 331 g/mol. The molecule has 0 aliphatic carbocycles. The van der Waals surface area contributed by atoms with Gasteiger partial charge in [0.2, 0.25) is 0 Å². The van der Waals surface area contributed by atoms with Gasteiger partial charge in [-0.15, -0.1) is 11.3 Å². The molecule has 6 nitrogen and oxygen atoms in total. The molecule has 0 saturated carbocycles. The highest BCUT2D eigenvalue weighted by Gasteiger charge is 2.19. The molecular formula is C16H21N5OS. The minimum atomic E-state index is -0.0515. The maximum absolute atomic E-state index is 12.3. The van der Waals surface area contributed by atoms with Crippen molar-refractivity contribution in [2.24, 2.45) is 0 Å². The Morgan fingerprint density at radius 2 is 2.26 bits per heavy atom. The average Bonchev–Trinajstić information content (AvgIpc) is 2.82. The Balaban J connectivity index is 1.52. The SMILES string of the molecule is Cc1nc(CN2CCCN(C(=O)Nc3cccnc3)CC2)cs1. The van der Waals surface area contributed by atoms with Crippen molar-refractivity contribution in [1.82, 2.24) is 19.8 Å². The predicted molar refractivity (Wildman–Crippen MR) is 91.6 cm³/mol. The molecule has 1 aliphatic heterocycles. The molecule has 122 valence electrons. The molecule has 1 N–H and O–H groups in total. The zero-order valence-corrected chi connectivity index (χ0v) is 14.1. The normalized spacial score (nSPS) is 16.1. The van der Waals surface area contributed by atoms with Gasteiger partial charge in [-0.25, -0.2) is 9.78 Å². The van der Waals surface area contributed by atoms with Crippen molar-refractivity contribution in [3.8, 4) is 0 Å². The summed E-state index contributed by atoms with van der Waals surface area (Å²) in [7, 11) is 0. The van der Waals surface area contributed by atoms with Gasteiger partial charge in [0.05, 0.1) is 22.6 Å². The van der Waals surface area contributed by atoms with Gasteiger partial charge in [-0.3, -0.25) is 9.88 Å². The lowest BCUT2D eigenvalue weighted by Crippen LogP contribution is -2.38. The lowest BCUT2D eigenvalue weighted by molar-refractivity contribution is 0.211. The molecule has 2 aromatic heterocycles. The smallest absolute Gasteiger partial charge is 0.321 e. The predicted octanol–water partition coefficient (Wildman–Crippen LogP) is 2.59. The lowest BCUT2D eigenvalue weighted by atomic mass is 10.3. The number of pyridine rings is 1. The van der Waals surface area contributed by atoms with E-state index in [9.17, 15) is 4.79 Å². The third-order valence-corrected chi connectivity index (χ3v) is 4.66. The number of urea groups is 1. The van der Waals surface area contributed by atoms with Gasteiger partial charge >= 0.3 is 6.03 Å². The Kier molecular flexibility index (Phi) is 5.19. The van der Waals surface area contributed by atoms with Crippen LogP contribution in [0.1, 0.15) is 17.1 Å². The van der Waals surface area contributed by atoms with Gasteiger partial charge in [-0.2, -0.15) is 0 Å². The van der Waals surface area contributed by atoms with Crippen LogP contribution in [0.2, 0.25) is 0 Å². The molecule has 1 saturated heterocycles. The van der Waals surface area contributed by atoms with Crippen LogP contribution in [0.4, 0.5) is 10.5 Å². The van der Waals surface area contributed by atoms with Crippen molar-refractivity contribution in [3.63, 3.8) is 0 Å². The van der Waals surface area contributed by atoms with Crippen molar-refractivity contribution < 1.29 is 4.79 Å². The van der Waals surface area contributed by atoms with Crippen molar-refractivity contribution >= 4 is 23.1 Å². The zero-order valence-electron chi connectivity index (χ0n) is 13.2. The standard InChI is InChI=1S/C16H21N5OS/c1-13-18-15(12-23-13)11-20-6-3-7-21(9-8-20)16(22)19-14-4-2-5-17-10-14/h2,4-5,10,12H,3,6-9,11H2,1H3,(H,19,22). The lowest BCUT2D eigenvalue weighted by Gasteiger charge is -2.21. The molecule has 23 heavy (non-hydrogen) atoms. The van der Waals surface area contributed by atoms with E-state index in [2.05, 4.69) is 25.6 Å². The number of hydrogen-bond acceptors (Lipinski definition) is 5. The monoisotopic (exact) mass is 331 g/mol. The van der Waals surface area contributed by atoms with Crippen LogP contribution >= 0.6 is 11.3 Å². The summed E-state index contributed by atoms with van der Waals surface area (Å²) in [6.07, 6.45) is 4.33. The first kappa shape index (κ1) is 15.9. The Morgan fingerprint density at radius 3 is 3.00 bits per heavy atom. The largest absolute Gasteiger partial charge is 0.323 e. The minimum Gasteiger partial charge on any atom is -0.323 e. The second-order valence-electron chi connectivity index (χ2n) is 5.65. The first-order valence-corrected chi connectivity index (χ1v) is 8.68. The highest BCUT2D eigenvalue weighted by Crippen LogP contribution is 2.13. The van der Waals surface area contributed by atoms with E-state index < -0.39 is 0 Å². The quantitative estimate of drug-likeness (QED) is 0.939. The summed E-state index contributed by atoms with van der Waals surface area (Å²) in [6.45, 7) is 6.27. The van der Waals surface area contributed by atoms with E-state index >= 15 is 0 Å². The van der Waals surface area contributed by atoms with Crippen LogP contribution in [0.3, 0.4) is 0 Å². The van der Waals surface area contributed by atoms with Crippen molar-refractivity contribution in [3.05, 3.63) is 40.6 Å². The fourth-order valence-electron chi connectivity index (χ4n) is 2.68. The van der Waals surface area contributed by atoms with Gasteiger partial charge in [0.1, 0.15) is 0 Å². The Bertz CT molecular complexity index is 645. The molecule has 2 amide bonds. The van der Waals surface area contributed by atoms with E-state index in [0.29, 0.717) is 0 Å². The summed E-state index contributed by atoms with van der Waals surface area (Å²) in [5.41, 5.74) is 1.86. The fraction of sp³-hybridized carbons (Fsp3) is 0.438. The van der Waals surface area contributed by atoms with E-state index in [-0.39, 0.29) is 6.03 Å². The number of thiazole rings is 1. The van der Waals surface area contributed by atoms with Gasteiger partial charge in [0.25, 0.3) is 0 Å². The summed E-state index contributed by atoms with van der Waals surface area (Å²) in [5.74, 6) is 0. The number of anilines is 1. The van der Waals surface area contributed by atoms with E-state index in [1.165, 1.54) is 0 Å². The number of nitrogens with one attached hydrogen (secondary N) is 1. The Morgan fingerprint density at radius 1 is 1.35 bits per heavy atom. The number of carbonyl (C=O) groups excluding carboxylic acids is 1. The number of hydrogen-bond donors (Lipinski definition) is 1. The van der Waals surface area contributed by atoms with Crippen LogP contribution in [-0.2, 0) is 6.54 Å². The topological polar surface area (TPSA) is 61.4 Å². The molecular weight excluding hydrogens is 310 g/mol. The number of rotatable bonds is 3. The molecule has 3 heterocycles. The number of aromatic nitrogens is 2. The van der Waals surface area contributed by atoms with Crippen LogP contribution in [0.15, 0.2) is 29.9 Å². The summed E-state index contributed by atoms with van der Waals surface area (Å²) in [5, 5.41) is 6.12. The molecule has 0 radical (unpaired) electrons. The minimum absolute atomic E-state index is 0.0515. The summed E-state index contributed by atoms with van der Waals surface area (Å²) in [4.78, 5) is 25.1. The molecule has 2 aromatic rings. The van der Waals surface area contributed by atoms with E-state index in [4.69, 9.17) is 0 Å². The molecule has 7 heteroatoms. The summed E-state index contributed by atoms with van der Waals surface area (Å²) in [6, 6.07) is 3.61. The molecule has 0 spiro atoms. The maximum Gasteiger partial charge on any atom is 0.321 e. The number of carbonyl (C=O) groups is 1. The first-order chi connectivity index (χ1) is 11.2. The molecule has 3 rings (SSSR count). The van der Waals surface area contributed by atoms with Crippen molar-refractivity contribution in [1.29, 1.82) is 0 Å². The van der Waals surface area contributed by atoms with Gasteiger partial charge in [0.15, 0.2) is 0 Å². The number of aryl methyl sites for hydroxylation is 1. The van der Waals surface area contributed by atoms with Crippen LogP contribution in [0.5, 0.6) is 0 Å². The Hall–Kier alpha value is -1.99. The highest BCUT2D eigenvalue weighted by molar-refractivity contribution is 7.09. The van der Waals surface area contributed by atoms with Crippen LogP contribution in [0.25, 0.3) is 0 Å². The molecule has 1 aliphatic rings. The molecule has 1 fully saturated rings. The van der Waals surface area contributed by atoms with Gasteiger partial charge < -0.3 is 10.2 Å². The zero-order chi connectivity index (χ0) is 16.1. The third-order valence-electron chi connectivity index (χ3n) is 3.84. The van der Waals surface area contributed by atoms with Gasteiger partial charge in [-0.05, 0) is 25.5 Å². The van der Waals surface area contributed by atoms with Crippen LogP contribution in [0, 0.1) is 6.92 Å². The first-order valence-electron chi connectivity index (χ1n) is 7.80. The van der Waals surface area contributed by atoms with Crippen molar-refractivity contribution in [2.45, 2.75) is 19.9 Å². The third kappa shape index (κ3) is 4.49. The van der Waals surface area contributed by atoms with E-state index in [1.54, 1.807) is 23.7 Å². The second kappa shape index (κ2) is 7.52. The Labute approximate surface area is 140 Å². The molecule has 0 unspecified atom stereocenters. The highest BCUT2D eigenvalue weighted by atomic mass is 32.1. The van der Waals surface area contributed by atoms with E-state index in [0.717, 1.165) is 55.5 Å². The number of nitrogens with zero attached hydrogens (tertiary/aromatic N) is 4. The number of amides is 2. The van der Waals surface area contributed by atoms with E-state index in [1.807, 2.05) is 24.0 Å². The van der Waals surface area contributed by atoms with Crippen LogP contribution < -0.4 is 5.32 Å².